The lowest BCUT2D eigenvalue weighted by atomic mass is 9.83. The molecule has 2 amide bonds. The summed E-state index contributed by atoms with van der Waals surface area (Å²) < 4.78 is 5.36. The highest BCUT2D eigenvalue weighted by molar-refractivity contribution is 5.96. The van der Waals surface area contributed by atoms with Crippen LogP contribution in [0, 0.1) is 0 Å². The first-order valence-corrected chi connectivity index (χ1v) is 12.6. The lowest BCUT2D eigenvalue weighted by Crippen LogP contribution is -2.38. The van der Waals surface area contributed by atoms with Gasteiger partial charge in [0, 0.05) is 29.6 Å². The van der Waals surface area contributed by atoms with Crippen LogP contribution in [0.15, 0.2) is 65.9 Å². The summed E-state index contributed by atoms with van der Waals surface area (Å²) in [6.45, 7) is 4.20. The standard InChI is InChI=1S/C29H34N2O4/c1-3-35-29(34)27-20(2)31(26(32)18-25(27)22-10-6-4-7-11-22)19-21-14-16-23(17-15-21)28(33)30-24-12-8-5-9-13-24/h4,6-7,10-11,14-17,24-25H,3,5,8-9,12-13,18-19H2,1-2H3,(H,30,33). The molecule has 2 aromatic carbocycles. The fourth-order valence-corrected chi connectivity index (χ4v) is 5.11. The topological polar surface area (TPSA) is 75.7 Å². The van der Waals surface area contributed by atoms with Crippen molar-refractivity contribution in [3.63, 3.8) is 0 Å². The van der Waals surface area contributed by atoms with Gasteiger partial charge in [-0.3, -0.25) is 9.59 Å². The van der Waals surface area contributed by atoms with Gasteiger partial charge in [0.15, 0.2) is 0 Å². The lowest BCUT2D eigenvalue weighted by Gasteiger charge is -2.34. The molecule has 2 aliphatic rings. The maximum absolute atomic E-state index is 13.2. The summed E-state index contributed by atoms with van der Waals surface area (Å²) >= 11 is 0. The Kier molecular flexibility index (Phi) is 8.01. The van der Waals surface area contributed by atoms with Crippen LogP contribution in [0.4, 0.5) is 0 Å². The van der Waals surface area contributed by atoms with Crippen LogP contribution >= 0.6 is 0 Å². The molecule has 0 saturated heterocycles. The molecule has 1 aliphatic heterocycles. The van der Waals surface area contributed by atoms with Gasteiger partial charge in [-0.25, -0.2) is 4.79 Å². The van der Waals surface area contributed by atoms with E-state index in [1.807, 2.05) is 49.4 Å². The first-order valence-electron chi connectivity index (χ1n) is 12.6. The Balaban J connectivity index is 1.52. The first kappa shape index (κ1) is 24.7. The smallest absolute Gasteiger partial charge is 0.336 e. The molecule has 0 bridgehead atoms. The van der Waals surface area contributed by atoms with E-state index in [0.717, 1.165) is 24.0 Å². The van der Waals surface area contributed by atoms with Gasteiger partial charge >= 0.3 is 5.97 Å². The Morgan fingerprint density at radius 1 is 1.00 bits per heavy atom. The van der Waals surface area contributed by atoms with Crippen molar-refractivity contribution in [2.45, 2.75) is 70.9 Å². The van der Waals surface area contributed by atoms with Crippen molar-refractivity contribution in [2.24, 2.45) is 0 Å². The van der Waals surface area contributed by atoms with Crippen molar-refractivity contribution in [1.29, 1.82) is 0 Å². The number of rotatable bonds is 7. The molecular formula is C29H34N2O4. The first-order chi connectivity index (χ1) is 17.0. The van der Waals surface area contributed by atoms with E-state index in [4.69, 9.17) is 4.74 Å². The van der Waals surface area contributed by atoms with Crippen LogP contribution in [0.25, 0.3) is 0 Å². The Labute approximate surface area is 207 Å². The van der Waals surface area contributed by atoms with E-state index in [0.29, 0.717) is 23.4 Å². The van der Waals surface area contributed by atoms with Crippen LogP contribution in [-0.2, 0) is 20.9 Å². The van der Waals surface area contributed by atoms with Crippen molar-refractivity contribution in [1.82, 2.24) is 10.2 Å². The second-order valence-corrected chi connectivity index (χ2v) is 9.37. The molecule has 6 nitrogen and oxygen atoms in total. The van der Waals surface area contributed by atoms with Gasteiger partial charge in [-0.05, 0) is 49.9 Å². The molecule has 1 atom stereocenters. The highest BCUT2D eigenvalue weighted by atomic mass is 16.5. The van der Waals surface area contributed by atoms with E-state index in [9.17, 15) is 14.4 Å². The zero-order valence-electron chi connectivity index (χ0n) is 20.6. The van der Waals surface area contributed by atoms with E-state index in [1.54, 1.807) is 24.0 Å². The molecule has 184 valence electrons. The van der Waals surface area contributed by atoms with Crippen LogP contribution in [0.2, 0.25) is 0 Å². The Bertz CT molecular complexity index is 1090. The molecule has 1 aliphatic carbocycles. The Morgan fingerprint density at radius 2 is 1.69 bits per heavy atom. The number of hydrogen-bond donors (Lipinski definition) is 1. The molecule has 4 rings (SSSR count). The van der Waals surface area contributed by atoms with E-state index in [2.05, 4.69) is 5.32 Å². The molecule has 1 fully saturated rings. The highest BCUT2D eigenvalue weighted by Crippen LogP contribution is 2.37. The SMILES string of the molecule is CCOC(=O)C1=C(C)N(Cc2ccc(C(=O)NC3CCCCC3)cc2)C(=O)CC1c1ccccc1. The van der Waals surface area contributed by atoms with Crippen molar-refractivity contribution in [2.75, 3.05) is 6.61 Å². The minimum atomic E-state index is -0.383. The van der Waals surface area contributed by atoms with Crippen molar-refractivity contribution < 1.29 is 19.1 Å². The minimum absolute atomic E-state index is 0.0384. The zero-order valence-corrected chi connectivity index (χ0v) is 20.6. The van der Waals surface area contributed by atoms with Crippen molar-refractivity contribution in [3.05, 3.63) is 82.6 Å². The summed E-state index contributed by atoms with van der Waals surface area (Å²) in [7, 11) is 0. The van der Waals surface area contributed by atoms with Crippen molar-refractivity contribution in [3.8, 4) is 0 Å². The van der Waals surface area contributed by atoms with E-state index < -0.39 is 0 Å². The van der Waals surface area contributed by atoms with Crippen LogP contribution in [0.5, 0.6) is 0 Å². The van der Waals surface area contributed by atoms with Gasteiger partial charge in [0.1, 0.15) is 0 Å². The monoisotopic (exact) mass is 474 g/mol. The average Bonchev–Trinajstić information content (AvgIpc) is 2.87. The molecule has 1 N–H and O–H groups in total. The Morgan fingerprint density at radius 3 is 2.34 bits per heavy atom. The normalized spacial score (nSPS) is 19.0. The lowest BCUT2D eigenvalue weighted by molar-refractivity contribution is -0.140. The van der Waals surface area contributed by atoms with Crippen LogP contribution in [0.1, 0.15) is 79.8 Å². The van der Waals surface area contributed by atoms with Gasteiger partial charge in [0.2, 0.25) is 5.91 Å². The van der Waals surface area contributed by atoms with Crippen LogP contribution in [0.3, 0.4) is 0 Å². The summed E-state index contributed by atoms with van der Waals surface area (Å²) in [4.78, 5) is 40.4. The quantitative estimate of drug-likeness (QED) is 0.567. The summed E-state index contributed by atoms with van der Waals surface area (Å²) in [5.74, 6) is -0.802. The molecule has 1 saturated carbocycles. The highest BCUT2D eigenvalue weighted by Gasteiger charge is 2.36. The number of hydrogen-bond acceptors (Lipinski definition) is 4. The fraction of sp³-hybridized carbons (Fsp3) is 0.414. The van der Waals surface area contributed by atoms with Gasteiger partial charge in [0.05, 0.1) is 18.7 Å². The summed E-state index contributed by atoms with van der Waals surface area (Å²) in [6.07, 6.45) is 5.86. The number of nitrogens with zero attached hydrogens (tertiary/aromatic N) is 1. The number of nitrogens with one attached hydrogen (secondary N) is 1. The number of carbonyl (C=O) groups is 3. The Hall–Kier alpha value is -3.41. The van der Waals surface area contributed by atoms with E-state index >= 15 is 0 Å². The summed E-state index contributed by atoms with van der Waals surface area (Å²) in [5.41, 5.74) is 3.59. The van der Waals surface area contributed by atoms with Gasteiger partial charge < -0.3 is 15.0 Å². The summed E-state index contributed by atoms with van der Waals surface area (Å²) in [5, 5.41) is 3.14. The molecule has 0 spiro atoms. The number of ether oxygens (including phenoxy) is 1. The van der Waals surface area contributed by atoms with Gasteiger partial charge in [0.25, 0.3) is 5.91 Å². The third kappa shape index (κ3) is 5.81. The number of esters is 1. The third-order valence-electron chi connectivity index (χ3n) is 7.02. The predicted octanol–water partition coefficient (Wildman–Crippen LogP) is 5.10. The van der Waals surface area contributed by atoms with E-state index in [-0.39, 0.29) is 42.8 Å². The number of benzene rings is 2. The van der Waals surface area contributed by atoms with E-state index in [1.165, 1.54) is 19.3 Å². The second-order valence-electron chi connectivity index (χ2n) is 9.37. The molecule has 0 radical (unpaired) electrons. The average molecular weight is 475 g/mol. The number of amides is 2. The molecule has 1 unspecified atom stereocenters. The maximum Gasteiger partial charge on any atom is 0.336 e. The molecule has 0 aromatic heterocycles. The fourth-order valence-electron chi connectivity index (χ4n) is 5.11. The molecule has 1 heterocycles. The predicted molar refractivity (Wildman–Crippen MR) is 134 cm³/mol. The van der Waals surface area contributed by atoms with Gasteiger partial charge in [-0.2, -0.15) is 0 Å². The van der Waals surface area contributed by atoms with Gasteiger partial charge in [-0.1, -0.05) is 61.7 Å². The maximum atomic E-state index is 13.2. The van der Waals surface area contributed by atoms with Gasteiger partial charge in [-0.15, -0.1) is 0 Å². The second kappa shape index (κ2) is 11.3. The van der Waals surface area contributed by atoms with Crippen molar-refractivity contribution >= 4 is 17.8 Å². The largest absolute Gasteiger partial charge is 0.463 e. The number of carbonyl (C=O) groups excluding carboxylic acids is 3. The van der Waals surface area contributed by atoms with Crippen LogP contribution in [-0.4, -0.2) is 35.3 Å². The molecule has 6 heteroatoms. The third-order valence-corrected chi connectivity index (χ3v) is 7.02. The molecular weight excluding hydrogens is 440 g/mol. The molecule has 35 heavy (non-hydrogen) atoms. The van der Waals surface area contributed by atoms with Crippen LogP contribution < -0.4 is 5.32 Å². The summed E-state index contributed by atoms with van der Waals surface area (Å²) in [6, 6.07) is 17.3. The number of allylic oxidation sites excluding steroid dienone is 1. The minimum Gasteiger partial charge on any atom is -0.463 e. The molecule has 2 aromatic rings. The zero-order chi connectivity index (χ0) is 24.8.